The molecule has 0 saturated carbocycles. The highest BCUT2D eigenvalue weighted by Gasteiger charge is 2.30. The van der Waals surface area contributed by atoms with Crippen molar-refractivity contribution in [3.05, 3.63) is 42.2 Å². The van der Waals surface area contributed by atoms with Crippen molar-refractivity contribution < 1.29 is 19.0 Å². The lowest BCUT2D eigenvalue weighted by Crippen LogP contribution is -2.33. The molecule has 3 heterocycles. The zero-order chi connectivity index (χ0) is 18.6. The fourth-order valence-electron chi connectivity index (χ4n) is 3.76. The van der Waals surface area contributed by atoms with Gasteiger partial charge in [-0.3, -0.25) is 9.48 Å². The van der Waals surface area contributed by atoms with E-state index >= 15 is 0 Å². The molecule has 27 heavy (non-hydrogen) atoms. The van der Waals surface area contributed by atoms with Crippen LogP contribution in [-0.2, 0) is 16.1 Å². The molecule has 0 radical (unpaired) electrons. The Balaban J connectivity index is 1.38. The van der Waals surface area contributed by atoms with Gasteiger partial charge in [-0.25, -0.2) is 0 Å². The fourth-order valence-corrected chi connectivity index (χ4v) is 3.76. The number of aromatic nitrogens is 2. The summed E-state index contributed by atoms with van der Waals surface area (Å²) in [5.41, 5.74) is 1.15. The number of carbonyl (C=O) groups is 1. The monoisotopic (exact) mass is 371 g/mol. The maximum Gasteiger partial charge on any atom is 0.244 e. The Morgan fingerprint density at radius 2 is 2.11 bits per heavy atom. The van der Waals surface area contributed by atoms with Crippen LogP contribution in [-0.4, -0.2) is 53.6 Å². The number of benzene rings is 1. The van der Waals surface area contributed by atoms with Crippen LogP contribution in [0.25, 0.3) is 0 Å². The zero-order valence-electron chi connectivity index (χ0n) is 15.5. The van der Waals surface area contributed by atoms with Gasteiger partial charge in [0, 0.05) is 13.0 Å². The molecule has 2 aromatic rings. The molecule has 2 fully saturated rings. The Morgan fingerprint density at radius 1 is 1.26 bits per heavy atom. The first-order valence-electron chi connectivity index (χ1n) is 9.43. The average molecular weight is 371 g/mol. The molecule has 2 aliphatic rings. The van der Waals surface area contributed by atoms with E-state index in [9.17, 15) is 4.79 Å². The van der Waals surface area contributed by atoms with Crippen molar-refractivity contribution >= 4 is 5.91 Å². The predicted molar refractivity (Wildman–Crippen MR) is 98.8 cm³/mol. The van der Waals surface area contributed by atoms with Crippen LogP contribution in [0.2, 0.25) is 0 Å². The third-order valence-electron chi connectivity index (χ3n) is 5.17. The first-order valence-corrected chi connectivity index (χ1v) is 9.43. The van der Waals surface area contributed by atoms with Crippen LogP contribution in [0.3, 0.4) is 0 Å². The number of ether oxygens (including phenoxy) is 3. The quantitative estimate of drug-likeness (QED) is 0.780. The van der Waals surface area contributed by atoms with E-state index in [1.807, 2.05) is 29.2 Å². The number of amides is 1. The third kappa shape index (κ3) is 4.08. The number of nitrogens with zero attached hydrogens (tertiary/aromatic N) is 3. The molecule has 2 unspecified atom stereocenters. The highest BCUT2D eigenvalue weighted by Crippen LogP contribution is 2.33. The van der Waals surface area contributed by atoms with Gasteiger partial charge in [0.1, 0.15) is 18.4 Å². The van der Waals surface area contributed by atoms with Gasteiger partial charge in [-0.15, -0.1) is 0 Å². The first-order chi connectivity index (χ1) is 13.2. The molecule has 7 nitrogen and oxygen atoms in total. The van der Waals surface area contributed by atoms with E-state index < -0.39 is 0 Å². The molecule has 2 saturated heterocycles. The molecule has 0 spiro atoms. The minimum atomic E-state index is 0.0761. The Hall–Kier alpha value is -2.54. The van der Waals surface area contributed by atoms with E-state index in [4.69, 9.17) is 14.2 Å². The standard InChI is InChI=1S/C20H25N3O4/c1-25-16-6-4-15(5-7-16)19-3-2-9-23(19)20(24)13-22-12-18(11-21-22)27-17-8-10-26-14-17/h4-7,11-12,17,19H,2-3,8-10,13-14H2,1H3. The predicted octanol–water partition coefficient (Wildman–Crippen LogP) is 2.42. The fraction of sp³-hybridized carbons (Fsp3) is 0.500. The van der Waals surface area contributed by atoms with Crippen LogP contribution in [0.4, 0.5) is 0 Å². The van der Waals surface area contributed by atoms with Crippen LogP contribution in [0.15, 0.2) is 36.7 Å². The second-order valence-corrected chi connectivity index (χ2v) is 7.00. The lowest BCUT2D eigenvalue weighted by molar-refractivity contribution is -0.133. The number of hydrogen-bond acceptors (Lipinski definition) is 5. The zero-order valence-corrected chi connectivity index (χ0v) is 15.5. The smallest absolute Gasteiger partial charge is 0.244 e. The minimum absolute atomic E-state index is 0.0761. The van der Waals surface area contributed by atoms with E-state index in [0.717, 1.165) is 43.7 Å². The second kappa shape index (κ2) is 8.00. The third-order valence-corrected chi connectivity index (χ3v) is 5.17. The van der Waals surface area contributed by atoms with Crippen LogP contribution in [0, 0.1) is 0 Å². The van der Waals surface area contributed by atoms with Crippen molar-refractivity contribution in [1.82, 2.24) is 14.7 Å². The number of likely N-dealkylation sites (tertiary alicyclic amines) is 1. The highest BCUT2D eigenvalue weighted by molar-refractivity contribution is 5.76. The molecule has 144 valence electrons. The van der Waals surface area contributed by atoms with Crippen molar-refractivity contribution in [1.29, 1.82) is 0 Å². The Kier molecular flexibility index (Phi) is 5.29. The van der Waals surface area contributed by atoms with Crippen molar-refractivity contribution in [2.75, 3.05) is 26.9 Å². The molecule has 0 bridgehead atoms. The Bertz CT molecular complexity index is 768. The molecule has 1 aromatic carbocycles. The van der Waals surface area contributed by atoms with Crippen molar-refractivity contribution in [2.45, 2.75) is 38.0 Å². The maximum atomic E-state index is 12.9. The second-order valence-electron chi connectivity index (χ2n) is 7.00. The molecule has 4 rings (SSSR count). The summed E-state index contributed by atoms with van der Waals surface area (Å²) in [6.45, 7) is 2.34. The summed E-state index contributed by atoms with van der Waals surface area (Å²) in [6.07, 6.45) is 6.41. The minimum Gasteiger partial charge on any atom is -0.497 e. The maximum absolute atomic E-state index is 12.9. The van der Waals surface area contributed by atoms with Gasteiger partial charge >= 0.3 is 0 Å². The summed E-state index contributed by atoms with van der Waals surface area (Å²) >= 11 is 0. The summed E-state index contributed by atoms with van der Waals surface area (Å²) in [5, 5.41) is 4.28. The number of hydrogen-bond donors (Lipinski definition) is 0. The number of rotatable bonds is 6. The van der Waals surface area contributed by atoms with Crippen molar-refractivity contribution in [3.8, 4) is 11.5 Å². The molecule has 1 aromatic heterocycles. The van der Waals surface area contributed by atoms with Crippen LogP contribution in [0.1, 0.15) is 30.9 Å². The highest BCUT2D eigenvalue weighted by atomic mass is 16.5. The van der Waals surface area contributed by atoms with E-state index in [1.165, 1.54) is 0 Å². The van der Waals surface area contributed by atoms with Crippen LogP contribution < -0.4 is 9.47 Å². The molecule has 1 amide bonds. The van der Waals surface area contributed by atoms with Crippen molar-refractivity contribution in [2.24, 2.45) is 0 Å². The van der Waals surface area contributed by atoms with Gasteiger partial charge in [0.05, 0.1) is 38.8 Å². The first kappa shape index (κ1) is 17.9. The van der Waals surface area contributed by atoms with Gasteiger partial charge in [-0.1, -0.05) is 12.1 Å². The molecular formula is C20H25N3O4. The summed E-state index contributed by atoms with van der Waals surface area (Å²) in [5.74, 6) is 1.59. The van der Waals surface area contributed by atoms with Gasteiger partial charge in [0.15, 0.2) is 5.75 Å². The SMILES string of the molecule is COc1ccc(C2CCCN2C(=O)Cn2cc(OC3CCOC3)cn2)cc1. The largest absolute Gasteiger partial charge is 0.497 e. The van der Waals surface area contributed by atoms with Gasteiger partial charge in [0.25, 0.3) is 0 Å². The van der Waals surface area contributed by atoms with Crippen LogP contribution in [0.5, 0.6) is 11.5 Å². The van der Waals surface area contributed by atoms with E-state index in [0.29, 0.717) is 12.4 Å². The van der Waals surface area contributed by atoms with Crippen LogP contribution >= 0.6 is 0 Å². The van der Waals surface area contributed by atoms with Gasteiger partial charge in [-0.05, 0) is 30.5 Å². The Labute approximate surface area is 158 Å². The average Bonchev–Trinajstić information content (AvgIpc) is 3.44. The topological polar surface area (TPSA) is 65.8 Å². The van der Waals surface area contributed by atoms with E-state index in [2.05, 4.69) is 5.10 Å². The van der Waals surface area contributed by atoms with Crippen molar-refractivity contribution in [3.63, 3.8) is 0 Å². The molecule has 2 atom stereocenters. The van der Waals surface area contributed by atoms with E-state index in [1.54, 1.807) is 24.2 Å². The number of carbonyl (C=O) groups excluding carboxylic acids is 1. The number of methoxy groups -OCH3 is 1. The summed E-state index contributed by atoms with van der Waals surface area (Å²) < 4.78 is 18.0. The molecule has 0 aliphatic carbocycles. The van der Waals surface area contributed by atoms with E-state index in [-0.39, 0.29) is 24.6 Å². The lowest BCUT2D eigenvalue weighted by Gasteiger charge is -2.25. The van der Waals surface area contributed by atoms with Gasteiger partial charge < -0.3 is 19.1 Å². The summed E-state index contributed by atoms with van der Waals surface area (Å²) in [7, 11) is 1.65. The molecule has 2 aliphatic heterocycles. The molecular weight excluding hydrogens is 346 g/mol. The normalized spacial score (nSPS) is 22.2. The summed E-state index contributed by atoms with van der Waals surface area (Å²) in [4.78, 5) is 14.8. The molecule has 7 heteroatoms. The summed E-state index contributed by atoms with van der Waals surface area (Å²) in [6, 6.07) is 8.09. The lowest BCUT2D eigenvalue weighted by atomic mass is 10.0. The van der Waals surface area contributed by atoms with Gasteiger partial charge in [0.2, 0.25) is 5.91 Å². The Morgan fingerprint density at radius 3 is 2.85 bits per heavy atom. The van der Waals surface area contributed by atoms with Gasteiger partial charge in [-0.2, -0.15) is 5.10 Å². The molecule has 0 N–H and O–H groups in total.